The number of likely N-dealkylation sites (tertiary alicyclic amines) is 1. The molecule has 0 aromatic carbocycles. The summed E-state index contributed by atoms with van der Waals surface area (Å²) in [6, 6.07) is 0.664. The van der Waals surface area contributed by atoms with Crippen LogP contribution >= 0.6 is 12.4 Å². The van der Waals surface area contributed by atoms with Crippen LogP contribution in [0.4, 0.5) is 0 Å². The SMILES string of the molecule is Cc1n[nH]c(C)c1CNC1CCN(CC(C)C)CC1.Cl. The standard InChI is InChI=1S/C15H28N4.ClH/c1-11(2)10-19-7-5-14(6-8-19)16-9-15-12(3)17-18-13(15)4;/h11,14,16H,5-10H2,1-4H3,(H,17,18);1H. The Bertz CT molecular complexity index is 375. The van der Waals surface area contributed by atoms with Crippen molar-refractivity contribution in [3.63, 3.8) is 0 Å². The van der Waals surface area contributed by atoms with E-state index in [0.717, 1.165) is 18.2 Å². The number of nitrogens with one attached hydrogen (secondary N) is 2. The summed E-state index contributed by atoms with van der Waals surface area (Å²) >= 11 is 0. The maximum Gasteiger partial charge on any atom is 0.0638 e. The van der Waals surface area contributed by atoms with E-state index in [2.05, 4.69) is 48.1 Å². The number of piperidine rings is 1. The lowest BCUT2D eigenvalue weighted by atomic mass is 10.0. The molecule has 0 atom stereocenters. The Hall–Kier alpha value is -0.580. The van der Waals surface area contributed by atoms with Crippen molar-refractivity contribution in [3.8, 4) is 0 Å². The van der Waals surface area contributed by atoms with Gasteiger partial charge in [0.15, 0.2) is 0 Å². The quantitative estimate of drug-likeness (QED) is 0.879. The van der Waals surface area contributed by atoms with Crippen LogP contribution in [0.25, 0.3) is 0 Å². The molecule has 0 aliphatic carbocycles. The minimum absolute atomic E-state index is 0. The van der Waals surface area contributed by atoms with Crippen molar-refractivity contribution in [1.82, 2.24) is 20.4 Å². The summed E-state index contributed by atoms with van der Waals surface area (Å²) in [6.45, 7) is 13.4. The highest BCUT2D eigenvalue weighted by Crippen LogP contribution is 2.14. The number of hydrogen-bond donors (Lipinski definition) is 2. The summed E-state index contributed by atoms with van der Waals surface area (Å²) in [5.41, 5.74) is 3.66. The van der Waals surface area contributed by atoms with Crippen LogP contribution in [-0.4, -0.2) is 40.8 Å². The van der Waals surface area contributed by atoms with Gasteiger partial charge in [0.25, 0.3) is 0 Å². The van der Waals surface area contributed by atoms with Crippen LogP contribution in [0.2, 0.25) is 0 Å². The summed E-state index contributed by atoms with van der Waals surface area (Å²) in [7, 11) is 0. The third kappa shape index (κ3) is 4.76. The predicted molar refractivity (Wildman–Crippen MR) is 86.4 cm³/mol. The average Bonchev–Trinajstić information content (AvgIpc) is 2.68. The summed E-state index contributed by atoms with van der Waals surface area (Å²) in [5.74, 6) is 0.778. The van der Waals surface area contributed by atoms with Crippen LogP contribution in [-0.2, 0) is 6.54 Å². The zero-order valence-corrected chi connectivity index (χ0v) is 14.0. The maximum atomic E-state index is 4.25. The first-order valence-electron chi connectivity index (χ1n) is 7.52. The molecule has 1 aliphatic heterocycles. The molecule has 20 heavy (non-hydrogen) atoms. The van der Waals surface area contributed by atoms with E-state index in [4.69, 9.17) is 0 Å². The first-order valence-corrected chi connectivity index (χ1v) is 7.52. The minimum atomic E-state index is 0. The van der Waals surface area contributed by atoms with Gasteiger partial charge in [-0.05, 0) is 45.7 Å². The third-order valence-electron chi connectivity index (χ3n) is 4.06. The molecule has 116 valence electrons. The average molecular weight is 301 g/mol. The van der Waals surface area contributed by atoms with Gasteiger partial charge in [0.1, 0.15) is 0 Å². The minimum Gasteiger partial charge on any atom is -0.310 e. The molecule has 5 heteroatoms. The molecule has 1 aromatic heterocycles. The Morgan fingerprint density at radius 1 is 1.30 bits per heavy atom. The van der Waals surface area contributed by atoms with Crippen molar-refractivity contribution < 1.29 is 0 Å². The first kappa shape index (κ1) is 17.5. The highest BCUT2D eigenvalue weighted by Gasteiger charge is 2.19. The van der Waals surface area contributed by atoms with E-state index in [-0.39, 0.29) is 12.4 Å². The van der Waals surface area contributed by atoms with Crippen molar-refractivity contribution in [2.75, 3.05) is 19.6 Å². The molecule has 4 nitrogen and oxygen atoms in total. The Morgan fingerprint density at radius 2 is 1.95 bits per heavy atom. The predicted octanol–water partition coefficient (Wildman–Crippen LogP) is 2.66. The molecule has 1 saturated heterocycles. The van der Waals surface area contributed by atoms with E-state index in [1.54, 1.807) is 0 Å². The number of hydrogen-bond acceptors (Lipinski definition) is 3. The fourth-order valence-corrected chi connectivity index (χ4v) is 2.92. The van der Waals surface area contributed by atoms with E-state index in [0.29, 0.717) is 6.04 Å². The molecule has 2 heterocycles. The number of aromatic nitrogens is 2. The molecule has 0 bridgehead atoms. The van der Waals surface area contributed by atoms with Gasteiger partial charge in [-0.25, -0.2) is 0 Å². The topological polar surface area (TPSA) is 44.0 Å². The lowest BCUT2D eigenvalue weighted by Gasteiger charge is -2.33. The molecule has 0 unspecified atom stereocenters. The van der Waals surface area contributed by atoms with E-state index >= 15 is 0 Å². The van der Waals surface area contributed by atoms with E-state index < -0.39 is 0 Å². The van der Waals surface area contributed by atoms with Crippen LogP contribution in [0.15, 0.2) is 0 Å². The van der Waals surface area contributed by atoms with Gasteiger partial charge in [-0.3, -0.25) is 5.10 Å². The number of H-pyrrole nitrogens is 1. The summed E-state index contributed by atoms with van der Waals surface area (Å²) in [4.78, 5) is 2.59. The van der Waals surface area contributed by atoms with Crippen molar-refractivity contribution in [1.29, 1.82) is 0 Å². The van der Waals surface area contributed by atoms with E-state index in [9.17, 15) is 0 Å². The van der Waals surface area contributed by atoms with Gasteiger partial charge in [-0.15, -0.1) is 12.4 Å². The van der Waals surface area contributed by atoms with Gasteiger partial charge in [0.05, 0.1) is 5.69 Å². The number of aromatic amines is 1. The van der Waals surface area contributed by atoms with Crippen molar-refractivity contribution in [2.24, 2.45) is 5.92 Å². The lowest BCUT2D eigenvalue weighted by molar-refractivity contribution is 0.179. The smallest absolute Gasteiger partial charge is 0.0638 e. The fraction of sp³-hybridized carbons (Fsp3) is 0.800. The molecule has 2 rings (SSSR count). The summed E-state index contributed by atoms with van der Waals surface area (Å²) < 4.78 is 0. The molecule has 0 amide bonds. The molecule has 1 aromatic rings. The first-order chi connectivity index (χ1) is 9.06. The number of halogens is 1. The van der Waals surface area contributed by atoms with Crippen molar-refractivity contribution in [2.45, 2.75) is 53.1 Å². The molecule has 0 spiro atoms. The van der Waals surface area contributed by atoms with Gasteiger partial charge in [0, 0.05) is 30.4 Å². The second-order valence-electron chi connectivity index (χ2n) is 6.26. The molecule has 1 fully saturated rings. The maximum absolute atomic E-state index is 4.25. The summed E-state index contributed by atoms with van der Waals surface area (Å²) in [5, 5.41) is 11.0. The van der Waals surface area contributed by atoms with Crippen molar-refractivity contribution in [3.05, 3.63) is 17.0 Å². The van der Waals surface area contributed by atoms with Crippen LogP contribution in [0.1, 0.15) is 43.6 Å². The molecule has 2 N–H and O–H groups in total. The van der Waals surface area contributed by atoms with Gasteiger partial charge >= 0.3 is 0 Å². The van der Waals surface area contributed by atoms with Gasteiger partial charge in [-0.1, -0.05) is 13.8 Å². The van der Waals surface area contributed by atoms with E-state index in [1.807, 2.05) is 0 Å². The molecule has 0 saturated carbocycles. The molecular formula is C15H29ClN4. The summed E-state index contributed by atoms with van der Waals surface area (Å²) in [6.07, 6.45) is 2.53. The molecule has 0 radical (unpaired) electrons. The zero-order valence-electron chi connectivity index (χ0n) is 13.2. The third-order valence-corrected chi connectivity index (χ3v) is 4.06. The number of aryl methyl sites for hydroxylation is 2. The Balaban J connectivity index is 0.00000200. The number of rotatable bonds is 5. The Labute approximate surface area is 129 Å². The van der Waals surface area contributed by atoms with Crippen LogP contribution in [0.3, 0.4) is 0 Å². The molecule has 1 aliphatic rings. The van der Waals surface area contributed by atoms with Gasteiger partial charge in [0.2, 0.25) is 0 Å². The number of nitrogens with zero attached hydrogens (tertiary/aromatic N) is 2. The normalized spacial score (nSPS) is 17.4. The largest absolute Gasteiger partial charge is 0.310 e. The fourth-order valence-electron chi connectivity index (χ4n) is 2.92. The highest BCUT2D eigenvalue weighted by molar-refractivity contribution is 5.85. The zero-order chi connectivity index (χ0) is 13.8. The highest BCUT2D eigenvalue weighted by atomic mass is 35.5. The van der Waals surface area contributed by atoms with Crippen LogP contribution in [0.5, 0.6) is 0 Å². The second-order valence-corrected chi connectivity index (χ2v) is 6.26. The molecular weight excluding hydrogens is 272 g/mol. The Kier molecular flexibility index (Phi) is 7.00. The van der Waals surface area contributed by atoms with Gasteiger partial charge in [-0.2, -0.15) is 5.10 Å². The van der Waals surface area contributed by atoms with Gasteiger partial charge < -0.3 is 10.2 Å². The van der Waals surface area contributed by atoms with E-state index in [1.165, 1.54) is 43.7 Å². The van der Waals surface area contributed by atoms with Crippen molar-refractivity contribution >= 4 is 12.4 Å². The van der Waals surface area contributed by atoms with Crippen LogP contribution in [0, 0.1) is 19.8 Å². The van der Waals surface area contributed by atoms with Crippen LogP contribution < -0.4 is 5.32 Å². The second kappa shape index (κ2) is 8.01. The monoisotopic (exact) mass is 300 g/mol. The Morgan fingerprint density at radius 3 is 2.45 bits per heavy atom. The lowest BCUT2D eigenvalue weighted by Crippen LogP contribution is -2.43.